The summed E-state index contributed by atoms with van der Waals surface area (Å²) in [6.07, 6.45) is 0.653. The van der Waals surface area contributed by atoms with Crippen LogP contribution in [-0.4, -0.2) is 12.6 Å². The summed E-state index contributed by atoms with van der Waals surface area (Å²) in [7, 11) is 0. The summed E-state index contributed by atoms with van der Waals surface area (Å²) >= 11 is 0. The van der Waals surface area contributed by atoms with E-state index in [0.717, 1.165) is 11.5 Å². The van der Waals surface area contributed by atoms with E-state index in [4.69, 9.17) is 14.2 Å². The van der Waals surface area contributed by atoms with Crippen LogP contribution in [0.15, 0.2) is 36.4 Å². The summed E-state index contributed by atoms with van der Waals surface area (Å²) in [6, 6.07) is 12.8. The SMILES string of the molecule is CCOC12CC(C)(c3ccc(C)cc3O1)c1ccc(C)cc1O2. The first kappa shape index (κ1) is 14.6. The van der Waals surface area contributed by atoms with Gasteiger partial charge < -0.3 is 14.2 Å². The van der Waals surface area contributed by atoms with E-state index in [0.29, 0.717) is 13.0 Å². The molecular weight excluding hydrogens is 288 g/mol. The lowest BCUT2D eigenvalue weighted by Crippen LogP contribution is -2.56. The molecule has 0 aromatic heterocycles. The van der Waals surface area contributed by atoms with Crippen molar-refractivity contribution in [2.75, 3.05) is 6.61 Å². The van der Waals surface area contributed by atoms with E-state index in [1.165, 1.54) is 22.3 Å². The lowest BCUT2D eigenvalue weighted by atomic mass is 9.69. The molecule has 0 spiro atoms. The molecule has 0 radical (unpaired) electrons. The van der Waals surface area contributed by atoms with Crippen molar-refractivity contribution in [3.63, 3.8) is 0 Å². The van der Waals surface area contributed by atoms with Crippen LogP contribution in [0.25, 0.3) is 0 Å². The molecule has 0 aliphatic carbocycles. The second-order valence-electron chi connectivity index (χ2n) is 6.83. The molecule has 2 aliphatic heterocycles. The number of hydrogen-bond acceptors (Lipinski definition) is 3. The normalized spacial score (nSPS) is 27.5. The van der Waals surface area contributed by atoms with E-state index in [2.05, 4.69) is 57.2 Å². The third-order valence-corrected chi connectivity index (χ3v) is 4.93. The molecule has 2 bridgehead atoms. The van der Waals surface area contributed by atoms with Crippen molar-refractivity contribution in [3.8, 4) is 11.5 Å². The molecule has 0 amide bonds. The molecule has 0 atom stereocenters. The summed E-state index contributed by atoms with van der Waals surface area (Å²) in [5.74, 6) is 0.683. The van der Waals surface area contributed by atoms with Gasteiger partial charge in [0.25, 0.3) is 0 Å². The fraction of sp³-hybridized carbons (Fsp3) is 0.400. The predicted octanol–water partition coefficient (Wildman–Crippen LogP) is 4.47. The Morgan fingerprint density at radius 1 is 0.957 bits per heavy atom. The van der Waals surface area contributed by atoms with Gasteiger partial charge in [-0.05, 0) is 44.0 Å². The molecule has 0 saturated carbocycles. The Morgan fingerprint density at radius 3 is 1.96 bits per heavy atom. The lowest BCUT2D eigenvalue weighted by Gasteiger charge is -2.50. The zero-order valence-electron chi connectivity index (χ0n) is 14.1. The first-order valence-electron chi connectivity index (χ1n) is 8.20. The highest BCUT2D eigenvalue weighted by molar-refractivity contribution is 5.56. The highest BCUT2D eigenvalue weighted by atomic mass is 16.9. The van der Waals surface area contributed by atoms with Crippen LogP contribution in [0.1, 0.15) is 42.5 Å². The van der Waals surface area contributed by atoms with E-state index >= 15 is 0 Å². The Hall–Kier alpha value is -2.00. The Balaban J connectivity index is 1.98. The molecule has 3 nitrogen and oxygen atoms in total. The Morgan fingerprint density at radius 2 is 1.48 bits per heavy atom. The van der Waals surface area contributed by atoms with Crippen LogP contribution in [-0.2, 0) is 10.2 Å². The minimum Gasteiger partial charge on any atom is -0.430 e. The fourth-order valence-corrected chi connectivity index (χ4v) is 3.87. The number of rotatable bonds is 2. The van der Waals surface area contributed by atoms with Gasteiger partial charge in [0, 0.05) is 16.5 Å². The second-order valence-corrected chi connectivity index (χ2v) is 6.83. The Bertz CT molecular complexity index is 723. The zero-order valence-corrected chi connectivity index (χ0v) is 14.1. The maximum Gasteiger partial charge on any atom is 0.372 e. The molecule has 0 fully saturated rings. The van der Waals surface area contributed by atoms with E-state index in [1.807, 2.05) is 6.92 Å². The van der Waals surface area contributed by atoms with E-state index in [-0.39, 0.29) is 5.41 Å². The van der Waals surface area contributed by atoms with Crippen LogP contribution in [0.4, 0.5) is 0 Å². The molecule has 3 heteroatoms. The quantitative estimate of drug-likeness (QED) is 0.819. The molecule has 2 aromatic rings. The van der Waals surface area contributed by atoms with Gasteiger partial charge in [-0.15, -0.1) is 0 Å². The van der Waals surface area contributed by atoms with Crippen LogP contribution in [0.5, 0.6) is 11.5 Å². The van der Waals surface area contributed by atoms with Crippen LogP contribution < -0.4 is 9.47 Å². The largest absolute Gasteiger partial charge is 0.430 e. The van der Waals surface area contributed by atoms with Gasteiger partial charge in [0.05, 0.1) is 13.0 Å². The number of benzene rings is 2. The maximum atomic E-state index is 6.23. The van der Waals surface area contributed by atoms with Crippen molar-refractivity contribution in [1.29, 1.82) is 0 Å². The fourth-order valence-electron chi connectivity index (χ4n) is 3.87. The zero-order chi connectivity index (χ0) is 16.2. The first-order chi connectivity index (χ1) is 11.0. The van der Waals surface area contributed by atoms with E-state index in [9.17, 15) is 0 Å². The van der Waals surface area contributed by atoms with Crippen LogP contribution in [0.2, 0.25) is 0 Å². The molecule has 4 rings (SSSR count). The second kappa shape index (κ2) is 4.75. The van der Waals surface area contributed by atoms with Gasteiger partial charge in [0.15, 0.2) is 0 Å². The summed E-state index contributed by atoms with van der Waals surface area (Å²) < 4.78 is 18.4. The minimum absolute atomic E-state index is 0.183. The number of ether oxygens (including phenoxy) is 3. The van der Waals surface area contributed by atoms with Gasteiger partial charge in [0.2, 0.25) is 0 Å². The van der Waals surface area contributed by atoms with Crippen molar-refractivity contribution in [2.45, 2.75) is 45.5 Å². The minimum atomic E-state index is -1.04. The van der Waals surface area contributed by atoms with E-state index < -0.39 is 5.97 Å². The molecule has 23 heavy (non-hydrogen) atoms. The summed E-state index contributed by atoms with van der Waals surface area (Å²) in [4.78, 5) is 0. The van der Waals surface area contributed by atoms with Gasteiger partial charge in [-0.3, -0.25) is 0 Å². The molecule has 2 heterocycles. The van der Waals surface area contributed by atoms with Gasteiger partial charge in [-0.2, -0.15) is 0 Å². The summed E-state index contributed by atoms with van der Waals surface area (Å²) in [6.45, 7) is 8.91. The topological polar surface area (TPSA) is 27.7 Å². The lowest BCUT2D eigenvalue weighted by molar-refractivity contribution is -0.320. The standard InChI is InChI=1S/C20H22O3/c1-5-21-20-12-19(4,15-8-6-13(2)10-17(15)22-20)16-9-7-14(3)11-18(16)23-20/h6-11H,5,12H2,1-4H3. The third-order valence-electron chi connectivity index (χ3n) is 4.93. The van der Waals surface area contributed by atoms with Crippen molar-refractivity contribution in [3.05, 3.63) is 58.7 Å². The van der Waals surface area contributed by atoms with Crippen molar-refractivity contribution < 1.29 is 14.2 Å². The van der Waals surface area contributed by atoms with Gasteiger partial charge >= 0.3 is 5.97 Å². The summed E-state index contributed by atoms with van der Waals surface area (Å²) in [5, 5.41) is 0. The van der Waals surface area contributed by atoms with Crippen molar-refractivity contribution in [2.24, 2.45) is 0 Å². The molecule has 0 saturated heterocycles. The van der Waals surface area contributed by atoms with Crippen LogP contribution in [0, 0.1) is 13.8 Å². The third kappa shape index (κ3) is 2.07. The molecule has 0 unspecified atom stereocenters. The van der Waals surface area contributed by atoms with Gasteiger partial charge in [-0.1, -0.05) is 31.2 Å². The van der Waals surface area contributed by atoms with Gasteiger partial charge in [-0.25, -0.2) is 0 Å². The van der Waals surface area contributed by atoms with Crippen molar-refractivity contribution in [1.82, 2.24) is 0 Å². The maximum absolute atomic E-state index is 6.23. The molecule has 0 N–H and O–H groups in total. The Labute approximate surface area is 137 Å². The average molecular weight is 310 g/mol. The predicted molar refractivity (Wildman–Crippen MR) is 89.0 cm³/mol. The highest BCUT2D eigenvalue weighted by Crippen LogP contribution is 2.55. The smallest absolute Gasteiger partial charge is 0.372 e. The number of hydrogen-bond donors (Lipinski definition) is 0. The first-order valence-corrected chi connectivity index (χ1v) is 8.20. The Kier molecular flexibility index (Phi) is 3.01. The van der Waals surface area contributed by atoms with Crippen molar-refractivity contribution >= 4 is 0 Å². The summed E-state index contributed by atoms with van der Waals surface area (Å²) in [5.41, 5.74) is 4.56. The van der Waals surface area contributed by atoms with Gasteiger partial charge in [0.1, 0.15) is 11.5 Å². The molecule has 120 valence electrons. The number of aryl methyl sites for hydroxylation is 2. The average Bonchev–Trinajstić information content (AvgIpc) is 2.45. The van der Waals surface area contributed by atoms with E-state index in [1.54, 1.807) is 0 Å². The molecule has 2 aromatic carbocycles. The molecule has 2 aliphatic rings. The highest BCUT2D eigenvalue weighted by Gasteiger charge is 2.55. The monoisotopic (exact) mass is 310 g/mol. The molecular formula is C20H22O3. The van der Waals surface area contributed by atoms with Crippen LogP contribution >= 0.6 is 0 Å². The number of fused-ring (bicyclic) bond motifs is 6. The van der Waals surface area contributed by atoms with Crippen LogP contribution in [0.3, 0.4) is 0 Å².